The smallest absolute Gasteiger partial charge is 0.335 e. The molecule has 4 atom stereocenters. The molecule has 0 radical (unpaired) electrons. The van der Waals surface area contributed by atoms with Gasteiger partial charge in [-0.05, 0) is 74.8 Å². The topological polar surface area (TPSA) is 106 Å². The Morgan fingerprint density at radius 3 is 2.28 bits per heavy atom. The number of halogens is 2. The van der Waals surface area contributed by atoms with E-state index in [0.717, 1.165) is 25.7 Å². The van der Waals surface area contributed by atoms with Crippen LogP contribution in [0.3, 0.4) is 0 Å². The van der Waals surface area contributed by atoms with Crippen LogP contribution in [0.25, 0.3) is 0 Å². The average Bonchev–Trinajstić information content (AvgIpc) is 3.42. The molecule has 0 heterocycles. The fourth-order valence-electron chi connectivity index (χ4n) is 5.28. The van der Waals surface area contributed by atoms with Crippen molar-refractivity contribution in [3.8, 4) is 17.2 Å². The van der Waals surface area contributed by atoms with Crippen molar-refractivity contribution in [2.24, 2.45) is 11.8 Å². The Hall–Kier alpha value is -1.32. The van der Waals surface area contributed by atoms with E-state index < -0.39 is 18.9 Å². The Balaban J connectivity index is 1.59. The second-order valence-electron chi connectivity index (χ2n) is 9.04. The van der Waals surface area contributed by atoms with Gasteiger partial charge in [-0.1, -0.05) is 29.6 Å². The highest BCUT2D eigenvalue weighted by Gasteiger charge is 2.44. The lowest BCUT2D eigenvalue weighted by molar-refractivity contribution is 0.219. The summed E-state index contributed by atoms with van der Waals surface area (Å²) in [5.41, 5.74) is 0.774. The molecule has 2 aliphatic rings. The van der Waals surface area contributed by atoms with Gasteiger partial charge in [-0.25, -0.2) is 4.21 Å². The second kappa shape index (κ2) is 11.6. The summed E-state index contributed by atoms with van der Waals surface area (Å²) in [5, 5.41) is 10.9. The molecule has 2 aliphatic carbocycles. The lowest BCUT2D eigenvalue weighted by atomic mass is 9.95. The number of phenols is 1. The first-order chi connectivity index (χ1) is 17.1. The summed E-state index contributed by atoms with van der Waals surface area (Å²) in [7, 11) is -3.35. The number of nitrogens with zero attached hydrogens (tertiary/aromatic N) is 1. The van der Waals surface area contributed by atoms with Gasteiger partial charge in [0.2, 0.25) is 0 Å². The highest BCUT2D eigenvalue weighted by Crippen LogP contribution is 2.53. The van der Waals surface area contributed by atoms with Crippen LogP contribution in [0, 0.1) is 11.8 Å². The predicted molar refractivity (Wildman–Crippen MR) is 142 cm³/mol. The summed E-state index contributed by atoms with van der Waals surface area (Å²) in [4.78, 5) is 0. The van der Waals surface area contributed by atoms with Crippen LogP contribution in [0.15, 0.2) is 30.3 Å². The zero-order valence-electron chi connectivity index (χ0n) is 20.1. The van der Waals surface area contributed by atoms with Crippen LogP contribution < -0.4 is 9.04 Å². The number of hydrogen-bond acceptors (Lipinski definition) is 6. The maximum atomic E-state index is 12.9. The molecule has 0 saturated heterocycles. The summed E-state index contributed by atoms with van der Waals surface area (Å²) in [5.74, 6) is 1.19. The Bertz CT molecular complexity index is 1150. The molecule has 0 aliphatic heterocycles. The highest BCUT2D eigenvalue weighted by atomic mass is 35.5. The Labute approximate surface area is 223 Å². The molecule has 2 aromatic rings. The minimum atomic E-state index is -3.35. The summed E-state index contributed by atoms with van der Waals surface area (Å²) >= 11 is 10.6. The van der Waals surface area contributed by atoms with Gasteiger partial charge in [-0.3, -0.25) is 13.4 Å². The van der Waals surface area contributed by atoms with E-state index in [1.165, 1.54) is 22.5 Å². The summed E-state index contributed by atoms with van der Waals surface area (Å²) in [6, 6.07) is 7.48. The van der Waals surface area contributed by atoms with Crippen molar-refractivity contribution in [3.05, 3.63) is 45.9 Å². The van der Waals surface area contributed by atoms with Gasteiger partial charge in [0.15, 0.2) is 5.75 Å². The Morgan fingerprint density at radius 1 is 1.08 bits per heavy atom. The summed E-state index contributed by atoms with van der Waals surface area (Å²) < 4.78 is 53.4. The van der Waals surface area contributed by atoms with Crippen molar-refractivity contribution in [1.82, 2.24) is 0 Å². The summed E-state index contributed by atoms with van der Waals surface area (Å²) in [6.45, 7) is 3.94. The van der Waals surface area contributed by atoms with Crippen LogP contribution in [0.1, 0.15) is 45.1 Å². The quantitative estimate of drug-likeness (QED) is 0.212. The number of rotatable bonds is 11. The molecule has 2 bridgehead atoms. The number of benzene rings is 2. The molecule has 36 heavy (non-hydrogen) atoms. The van der Waals surface area contributed by atoms with E-state index in [1.807, 2.05) is 0 Å². The molecule has 4 unspecified atom stereocenters. The van der Waals surface area contributed by atoms with E-state index in [2.05, 4.69) is 0 Å². The van der Waals surface area contributed by atoms with Gasteiger partial charge in [0.05, 0.1) is 35.1 Å². The van der Waals surface area contributed by atoms with Crippen LogP contribution in [0.4, 0.5) is 5.69 Å². The lowest BCUT2D eigenvalue weighted by Gasteiger charge is -2.33. The van der Waals surface area contributed by atoms with Crippen molar-refractivity contribution in [2.45, 2.75) is 51.7 Å². The SMILES string of the molecule is CCOP(=O)(Cc1cc(Cl)c(Oc2ccc(O)c(N(C3CC4CCC3C4)S(=O)O)c2)c(Cl)c1)OCC. The molecule has 0 amide bonds. The van der Waals surface area contributed by atoms with Crippen LogP contribution in [-0.2, 0) is 31.0 Å². The number of ether oxygens (including phenoxy) is 1. The Morgan fingerprint density at radius 2 is 1.75 bits per heavy atom. The zero-order chi connectivity index (χ0) is 26.0. The second-order valence-corrected chi connectivity index (χ2v) is 12.8. The molecule has 2 saturated carbocycles. The minimum absolute atomic E-state index is 0.00141. The van der Waals surface area contributed by atoms with Gasteiger partial charge in [-0.15, -0.1) is 0 Å². The molecule has 4 rings (SSSR count). The highest BCUT2D eigenvalue weighted by molar-refractivity contribution is 7.80. The molecule has 198 valence electrons. The monoisotopic (exact) mass is 577 g/mol. The average molecular weight is 578 g/mol. The molecule has 8 nitrogen and oxygen atoms in total. The zero-order valence-corrected chi connectivity index (χ0v) is 23.3. The first kappa shape index (κ1) is 27.7. The first-order valence-electron chi connectivity index (χ1n) is 11.9. The Kier molecular flexibility index (Phi) is 8.93. The lowest BCUT2D eigenvalue weighted by Crippen LogP contribution is -2.40. The van der Waals surface area contributed by atoms with E-state index in [9.17, 15) is 18.4 Å². The largest absolute Gasteiger partial charge is 0.506 e. The molecule has 2 fully saturated rings. The number of phenolic OH excluding ortho intramolecular Hbond substituents is 1. The van der Waals surface area contributed by atoms with E-state index >= 15 is 0 Å². The third kappa shape index (κ3) is 6.04. The number of anilines is 1. The number of hydrogen-bond donors (Lipinski definition) is 2. The van der Waals surface area contributed by atoms with Gasteiger partial charge >= 0.3 is 7.60 Å². The van der Waals surface area contributed by atoms with E-state index in [-0.39, 0.29) is 58.4 Å². The van der Waals surface area contributed by atoms with Crippen LogP contribution in [0.2, 0.25) is 10.0 Å². The standard InChI is InChI=1S/C24H30Cl2NO7PS/c1-3-32-35(29,33-4-2)14-16-10-19(25)24(20(26)11-16)34-18-7-8-23(28)22(13-18)27(36(30)31)21-12-15-5-6-17(21)9-15/h7-8,10-11,13,15,17,21,28H,3-6,9,12,14H2,1-2H3,(H,30,31). The van der Waals surface area contributed by atoms with Crippen LogP contribution in [0.5, 0.6) is 17.2 Å². The van der Waals surface area contributed by atoms with Crippen molar-refractivity contribution < 1.29 is 32.2 Å². The summed E-state index contributed by atoms with van der Waals surface area (Å²) in [6.07, 6.45) is 4.00. The predicted octanol–water partition coefficient (Wildman–Crippen LogP) is 7.39. The van der Waals surface area contributed by atoms with Crippen molar-refractivity contribution in [1.29, 1.82) is 0 Å². The third-order valence-corrected chi connectivity index (χ3v) is 10.1. The van der Waals surface area contributed by atoms with Crippen molar-refractivity contribution >= 4 is 47.8 Å². The third-order valence-electron chi connectivity index (χ3n) is 6.66. The van der Waals surface area contributed by atoms with E-state index in [4.69, 9.17) is 37.0 Å². The maximum absolute atomic E-state index is 12.9. The van der Waals surface area contributed by atoms with Gasteiger partial charge in [0.25, 0.3) is 11.3 Å². The van der Waals surface area contributed by atoms with Gasteiger partial charge in [-0.2, -0.15) is 0 Å². The normalized spacial score (nSPS) is 22.1. The first-order valence-corrected chi connectivity index (χ1v) is 15.5. The number of aromatic hydroxyl groups is 1. The van der Waals surface area contributed by atoms with E-state index in [1.54, 1.807) is 26.0 Å². The molecule has 2 aromatic carbocycles. The molecule has 0 spiro atoms. The van der Waals surface area contributed by atoms with Gasteiger partial charge < -0.3 is 18.9 Å². The van der Waals surface area contributed by atoms with Crippen LogP contribution in [-0.4, -0.2) is 33.1 Å². The fourth-order valence-corrected chi connectivity index (χ4v) is 8.37. The number of fused-ring (bicyclic) bond motifs is 2. The fraction of sp³-hybridized carbons (Fsp3) is 0.500. The van der Waals surface area contributed by atoms with Gasteiger partial charge in [0, 0.05) is 12.1 Å². The van der Waals surface area contributed by atoms with Crippen molar-refractivity contribution in [2.75, 3.05) is 17.5 Å². The molecule has 2 N–H and O–H groups in total. The minimum Gasteiger partial charge on any atom is -0.506 e. The molecule has 12 heteroatoms. The van der Waals surface area contributed by atoms with E-state index in [0.29, 0.717) is 17.4 Å². The van der Waals surface area contributed by atoms with Crippen molar-refractivity contribution in [3.63, 3.8) is 0 Å². The molecular formula is C24H30Cl2NO7PS. The maximum Gasteiger partial charge on any atom is 0.335 e. The molecule has 0 aromatic heterocycles. The van der Waals surface area contributed by atoms with Crippen LogP contribution >= 0.6 is 30.8 Å². The molecular weight excluding hydrogens is 548 g/mol. The van der Waals surface area contributed by atoms with Gasteiger partial charge in [0.1, 0.15) is 11.5 Å².